The van der Waals surface area contributed by atoms with Crippen LogP contribution in [0.3, 0.4) is 0 Å². The molecule has 0 aliphatic rings. The molecule has 0 saturated heterocycles. The third-order valence-electron chi connectivity index (χ3n) is 0.862. The van der Waals surface area contributed by atoms with Crippen molar-refractivity contribution in [3.8, 4) is 0 Å². The van der Waals surface area contributed by atoms with Gasteiger partial charge >= 0.3 is 6.09 Å². The van der Waals surface area contributed by atoms with Crippen molar-refractivity contribution < 1.29 is 9.53 Å². The first-order valence-corrected chi connectivity index (χ1v) is 3.61. The van der Waals surface area contributed by atoms with Crippen molar-refractivity contribution in [2.45, 2.75) is 33.3 Å². The van der Waals surface area contributed by atoms with Crippen LogP contribution in [0.1, 0.15) is 27.2 Å². The smallest absolute Gasteiger partial charge is 0.407 e. The summed E-state index contributed by atoms with van der Waals surface area (Å²) in [4.78, 5) is 10.7. The largest absolute Gasteiger partial charge is 0.447 e. The minimum absolute atomic E-state index is 0.0307. The van der Waals surface area contributed by atoms with Crippen LogP contribution in [0.25, 0.3) is 0 Å². The van der Waals surface area contributed by atoms with Crippen LogP contribution >= 0.6 is 0 Å². The highest BCUT2D eigenvalue weighted by atomic mass is 16.6. The molecule has 0 unspecified atom stereocenters. The Morgan fingerprint density at radius 3 is 2.60 bits per heavy atom. The van der Waals surface area contributed by atoms with Gasteiger partial charge in [-0.1, -0.05) is 6.92 Å². The van der Waals surface area contributed by atoms with E-state index in [0.29, 0.717) is 6.54 Å². The summed E-state index contributed by atoms with van der Waals surface area (Å²) in [7, 11) is 0. The Hall–Kier alpha value is -0.730. The van der Waals surface area contributed by atoms with E-state index in [1.54, 1.807) is 0 Å². The fourth-order valence-corrected chi connectivity index (χ4v) is 0.483. The number of carbonyl (C=O) groups is 1. The van der Waals surface area contributed by atoms with Crippen LogP contribution in [0.5, 0.6) is 0 Å². The monoisotopic (exact) mass is 145 g/mol. The highest BCUT2D eigenvalue weighted by Crippen LogP contribution is 1.87. The van der Waals surface area contributed by atoms with Crippen molar-refractivity contribution in [3.63, 3.8) is 0 Å². The standard InChI is InChI=1S/C7H15NO2/c1-4-5-8-7(9)10-6(2)3/h6H,4-5H2,1-3H3,(H,8,9). The van der Waals surface area contributed by atoms with E-state index in [2.05, 4.69) is 5.32 Å². The third-order valence-corrected chi connectivity index (χ3v) is 0.862. The van der Waals surface area contributed by atoms with Gasteiger partial charge in [-0.05, 0) is 20.3 Å². The van der Waals surface area contributed by atoms with Gasteiger partial charge in [-0.3, -0.25) is 0 Å². The summed E-state index contributed by atoms with van der Waals surface area (Å²) in [6.07, 6.45) is 0.585. The second kappa shape index (κ2) is 5.09. The lowest BCUT2D eigenvalue weighted by molar-refractivity contribution is 0.115. The lowest BCUT2D eigenvalue weighted by Gasteiger charge is -2.07. The van der Waals surface area contributed by atoms with Crippen molar-refractivity contribution in [2.75, 3.05) is 6.54 Å². The first kappa shape index (κ1) is 9.27. The number of carbonyl (C=O) groups excluding carboxylic acids is 1. The fraction of sp³-hybridized carbons (Fsp3) is 0.857. The van der Waals surface area contributed by atoms with Crippen LogP contribution in [-0.4, -0.2) is 18.7 Å². The molecule has 0 aliphatic heterocycles. The number of ether oxygens (including phenoxy) is 1. The first-order valence-electron chi connectivity index (χ1n) is 3.61. The highest BCUT2D eigenvalue weighted by Gasteiger charge is 2.01. The average molecular weight is 145 g/mol. The molecule has 0 atom stereocenters. The predicted molar refractivity (Wildman–Crippen MR) is 39.9 cm³/mol. The maximum absolute atomic E-state index is 10.7. The molecule has 1 amide bonds. The molecule has 0 spiro atoms. The van der Waals surface area contributed by atoms with Crippen molar-refractivity contribution in [2.24, 2.45) is 0 Å². The molecule has 0 aromatic carbocycles. The highest BCUT2D eigenvalue weighted by molar-refractivity contribution is 5.67. The van der Waals surface area contributed by atoms with E-state index in [1.807, 2.05) is 20.8 Å². The van der Waals surface area contributed by atoms with Crippen LogP contribution < -0.4 is 5.32 Å². The Morgan fingerprint density at radius 1 is 1.60 bits per heavy atom. The SMILES string of the molecule is CCCNC(=O)OC(C)C. The maximum Gasteiger partial charge on any atom is 0.407 e. The lowest BCUT2D eigenvalue weighted by atomic mass is 10.5. The Balaban J connectivity index is 3.26. The molecule has 60 valence electrons. The van der Waals surface area contributed by atoms with Gasteiger partial charge in [0.1, 0.15) is 0 Å². The molecule has 0 heterocycles. The second-order valence-electron chi connectivity index (χ2n) is 2.38. The summed E-state index contributed by atoms with van der Waals surface area (Å²) in [5.74, 6) is 0. The molecule has 10 heavy (non-hydrogen) atoms. The van der Waals surface area contributed by atoms with Crippen LogP contribution in [0, 0.1) is 0 Å². The fourth-order valence-electron chi connectivity index (χ4n) is 0.483. The van der Waals surface area contributed by atoms with E-state index in [9.17, 15) is 4.79 Å². The minimum Gasteiger partial charge on any atom is -0.447 e. The Morgan fingerprint density at radius 2 is 2.20 bits per heavy atom. The Kier molecular flexibility index (Phi) is 4.72. The van der Waals surface area contributed by atoms with Gasteiger partial charge in [0.25, 0.3) is 0 Å². The van der Waals surface area contributed by atoms with Gasteiger partial charge in [0.2, 0.25) is 0 Å². The predicted octanol–water partition coefficient (Wildman–Crippen LogP) is 1.53. The molecule has 0 aromatic rings. The van der Waals surface area contributed by atoms with E-state index in [4.69, 9.17) is 4.74 Å². The first-order chi connectivity index (χ1) is 4.66. The Labute approximate surface area is 61.8 Å². The number of nitrogens with one attached hydrogen (secondary N) is 1. The number of amides is 1. The summed E-state index contributed by atoms with van der Waals surface area (Å²) in [5.41, 5.74) is 0. The number of hydrogen-bond donors (Lipinski definition) is 1. The molecule has 0 aliphatic carbocycles. The maximum atomic E-state index is 10.7. The van der Waals surface area contributed by atoms with E-state index in [1.165, 1.54) is 0 Å². The molecule has 0 rings (SSSR count). The van der Waals surface area contributed by atoms with E-state index >= 15 is 0 Å². The third kappa shape index (κ3) is 5.41. The summed E-state index contributed by atoms with van der Waals surface area (Å²) in [5, 5.41) is 2.60. The molecule has 3 nitrogen and oxygen atoms in total. The van der Waals surface area contributed by atoms with E-state index in [0.717, 1.165) is 6.42 Å². The van der Waals surface area contributed by atoms with Crippen molar-refractivity contribution in [1.29, 1.82) is 0 Å². The van der Waals surface area contributed by atoms with Gasteiger partial charge < -0.3 is 10.1 Å². The van der Waals surface area contributed by atoms with Gasteiger partial charge in [0, 0.05) is 6.54 Å². The molecule has 1 N–H and O–H groups in total. The lowest BCUT2D eigenvalue weighted by Crippen LogP contribution is -2.27. The number of hydrogen-bond acceptors (Lipinski definition) is 2. The molecule has 0 aromatic heterocycles. The van der Waals surface area contributed by atoms with Gasteiger partial charge in [0.05, 0.1) is 6.10 Å². The summed E-state index contributed by atoms with van der Waals surface area (Å²) in [6, 6.07) is 0. The molecule has 0 radical (unpaired) electrons. The molecule has 0 bridgehead atoms. The van der Waals surface area contributed by atoms with Gasteiger partial charge in [-0.25, -0.2) is 4.79 Å². The summed E-state index contributed by atoms with van der Waals surface area (Å²) in [6.45, 7) is 6.33. The van der Waals surface area contributed by atoms with Crippen LogP contribution in [0.2, 0.25) is 0 Å². The van der Waals surface area contributed by atoms with Crippen molar-refractivity contribution >= 4 is 6.09 Å². The zero-order chi connectivity index (χ0) is 7.98. The number of rotatable bonds is 3. The molecule has 3 heteroatoms. The van der Waals surface area contributed by atoms with Crippen LogP contribution in [0.15, 0.2) is 0 Å². The summed E-state index contributed by atoms with van der Waals surface area (Å²) >= 11 is 0. The van der Waals surface area contributed by atoms with Gasteiger partial charge in [-0.15, -0.1) is 0 Å². The van der Waals surface area contributed by atoms with Gasteiger partial charge in [0.15, 0.2) is 0 Å². The topological polar surface area (TPSA) is 38.3 Å². The van der Waals surface area contributed by atoms with E-state index in [-0.39, 0.29) is 12.2 Å². The van der Waals surface area contributed by atoms with Crippen LogP contribution in [0.4, 0.5) is 4.79 Å². The van der Waals surface area contributed by atoms with Crippen molar-refractivity contribution in [1.82, 2.24) is 5.32 Å². The second-order valence-corrected chi connectivity index (χ2v) is 2.38. The minimum atomic E-state index is -0.322. The molecular weight excluding hydrogens is 130 g/mol. The Bertz CT molecular complexity index is 102. The summed E-state index contributed by atoms with van der Waals surface area (Å²) < 4.78 is 4.80. The average Bonchev–Trinajstić information content (AvgIpc) is 1.82. The zero-order valence-corrected chi connectivity index (χ0v) is 6.81. The zero-order valence-electron chi connectivity index (χ0n) is 6.81. The quantitative estimate of drug-likeness (QED) is 0.654. The number of alkyl carbamates (subject to hydrolysis) is 1. The van der Waals surface area contributed by atoms with Gasteiger partial charge in [-0.2, -0.15) is 0 Å². The van der Waals surface area contributed by atoms with Crippen molar-refractivity contribution in [3.05, 3.63) is 0 Å². The molecular formula is C7H15NO2. The van der Waals surface area contributed by atoms with Crippen LogP contribution in [-0.2, 0) is 4.74 Å². The normalized spacial score (nSPS) is 9.60. The van der Waals surface area contributed by atoms with E-state index < -0.39 is 0 Å². The molecule has 0 saturated carbocycles. The molecule has 0 fully saturated rings.